The minimum Gasteiger partial charge on any atom is -0.337 e. The van der Waals surface area contributed by atoms with Crippen LogP contribution in [-0.4, -0.2) is 32.0 Å². The number of hydrogen-bond donors (Lipinski definition) is 1. The summed E-state index contributed by atoms with van der Waals surface area (Å²) in [7, 11) is 1.94. The molecule has 6 heteroatoms. The van der Waals surface area contributed by atoms with Crippen LogP contribution in [0.3, 0.4) is 0 Å². The molecule has 0 radical (unpaired) electrons. The second-order valence-corrected chi connectivity index (χ2v) is 6.33. The molecule has 0 aliphatic carbocycles. The first kappa shape index (κ1) is 18.0. The summed E-state index contributed by atoms with van der Waals surface area (Å²) >= 11 is 0. The number of aromatic nitrogens is 3. The third kappa shape index (κ3) is 4.57. The van der Waals surface area contributed by atoms with E-state index < -0.39 is 0 Å². The first-order valence-corrected chi connectivity index (χ1v) is 8.44. The van der Waals surface area contributed by atoms with Crippen molar-refractivity contribution in [1.29, 1.82) is 0 Å². The molecule has 130 valence electrons. The molecule has 0 fully saturated rings. The smallest absolute Gasteiger partial charge is 0.318 e. The van der Waals surface area contributed by atoms with Crippen LogP contribution in [0.2, 0.25) is 0 Å². The van der Waals surface area contributed by atoms with Crippen molar-refractivity contribution < 1.29 is 4.79 Å². The van der Waals surface area contributed by atoms with Gasteiger partial charge in [0.1, 0.15) is 5.82 Å². The lowest BCUT2D eigenvalue weighted by Crippen LogP contribution is -2.43. The molecule has 6 nitrogen and oxygen atoms in total. The van der Waals surface area contributed by atoms with Crippen LogP contribution in [0.4, 0.5) is 4.79 Å². The van der Waals surface area contributed by atoms with Crippen molar-refractivity contribution in [3.8, 4) is 0 Å². The van der Waals surface area contributed by atoms with E-state index in [1.54, 1.807) is 12.4 Å². The molecule has 0 aromatic carbocycles. The molecule has 0 aliphatic rings. The van der Waals surface area contributed by atoms with E-state index in [9.17, 15) is 4.79 Å². The Balaban J connectivity index is 2.12. The summed E-state index contributed by atoms with van der Waals surface area (Å²) in [6.07, 6.45) is 8.10. The maximum Gasteiger partial charge on any atom is 0.318 e. The molecule has 1 N–H and O–H groups in total. The number of hydrogen-bond acceptors (Lipinski definition) is 3. The first-order valence-electron chi connectivity index (χ1n) is 8.44. The van der Waals surface area contributed by atoms with Gasteiger partial charge in [-0.3, -0.25) is 4.98 Å². The fraction of sp³-hybridized carbons (Fsp3) is 0.500. The highest BCUT2D eigenvalue weighted by molar-refractivity contribution is 5.74. The molecule has 24 heavy (non-hydrogen) atoms. The summed E-state index contributed by atoms with van der Waals surface area (Å²) in [6, 6.07) is 3.77. The number of aryl methyl sites for hydroxylation is 1. The third-order valence-electron chi connectivity index (χ3n) is 4.02. The molecule has 0 unspecified atom stereocenters. The molecule has 0 saturated heterocycles. The van der Waals surface area contributed by atoms with Gasteiger partial charge >= 0.3 is 6.03 Å². The van der Waals surface area contributed by atoms with Crippen LogP contribution < -0.4 is 5.32 Å². The van der Waals surface area contributed by atoms with Crippen molar-refractivity contribution in [3.05, 3.63) is 48.3 Å². The van der Waals surface area contributed by atoms with Gasteiger partial charge in [-0.25, -0.2) is 9.78 Å². The van der Waals surface area contributed by atoms with Crippen molar-refractivity contribution in [3.63, 3.8) is 0 Å². The number of carbonyl (C=O) groups is 1. The molecule has 0 spiro atoms. The minimum absolute atomic E-state index is 0.0630. The third-order valence-corrected chi connectivity index (χ3v) is 4.02. The molecule has 0 bridgehead atoms. The SMILES string of the molecule is CCCN(Cc1nccn1C)C(=O)N[C@H](c1cccnc1)C(C)C. The van der Waals surface area contributed by atoms with Crippen LogP contribution in [0.15, 0.2) is 36.9 Å². The lowest BCUT2D eigenvalue weighted by atomic mass is 9.97. The number of pyridine rings is 1. The monoisotopic (exact) mass is 329 g/mol. The molecule has 2 aromatic heterocycles. The van der Waals surface area contributed by atoms with Crippen LogP contribution in [0.1, 0.15) is 44.6 Å². The van der Waals surface area contributed by atoms with Crippen LogP contribution in [0, 0.1) is 5.92 Å². The quantitative estimate of drug-likeness (QED) is 0.849. The molecular weight excluding hydrogens is 302 g/mol. The maximum atomic E-state index is 12.8. The Labute approximate surface area is 143 Å². The predicted octanol–water partition coefficient (Wildman–Crippen LogP) is 3.13. The molecule has 0 aliphatic heterocycles. The Bertz CT molecular complexity index is 638. The Morgan fingerprint density at radius 1 is 1.38 bits per heavy atom. The van der Waals surface area contributed by atoms with Gasteiger partial charge in [0.2, 0.25) is 0 Å². The van der Waals surface area contributed by atoms with E-state index in [2.05, 4.69) is 36.1 Å². The summed E-state index contributed by atoms with van der Waals surface area (Å²) in [5.41, 5.74) is 1.02. The normalized spacial score (nSPS) is 12.2. The average Bonchev–Trinajstić information content (AvgIpc) is 2.97. The zero-order chi connectivity index (χ0) is 17.5. The minimum atomic E-state index is -0.0672. The second kappa shape index (κ2) is 8.47. The second-order valence-electron chi connectivity index (χ2n) is 6.33. The van der Waals surface area contributed by atoms with Crippen molar-refractivity contribution >= 4 is 6.03 Å². The average molecular weight is 329 g/mol. The highest BCUT2D eigenvalue weighted by Crippen LogP contribution is 2.21. The highest BCUT2D eigenvalue weighted by Gasteiger charge is 2.22. The van der Waals surface area contributed by atoms with Crippen LogP contribution in [-0.2, 0) is 13.6 Å². The molecule has 2 amide bonds. The number of urea groups is 1. The van der Waals surface area contributed by atoms with Gasteiger partial charge in [0.05, 0.1) is 12.6 Å². The Kier molecular flexibility index (Phi) is 6.35. The van der Waals surface area contributed by atoms with E-state index in [4.69, 9.17) is 0 Å². The van der Waals surface area contributed by atoms with Gasteiger partial charge in [-0.1, -0.05) is 26.8 Å². The molecule has 1 atom stereocenters. The van der Waals surface area contributed by atoms with E-state index in [1.165, 1.54) is 0 Å². The van der Waals surface area contributed by atoms with E-state index in [1.807, 2.05) is 41.0 Å². The fourth-order valence-electron chi connectivity index (χ4n) is 2.66. The fourth-order valence-corrected chi connectivity index (χ4v) is 2.66. The number of amides is 2. The standard InChI is InChI=1S/C18H27N5O/c1-5-10-23(13-16-20-9-11-22(16)4)18(24)21-17(14(2)3)15-7-6-8-19-12-15/h6-9,11-12,14,17H,5,10,13H2,1-4H3,(H,21,24)/t17-/m0/s1. The lowest BCUT2D eigenvalue weighted by molar-refractivity contribution is 0.185. The Morgan fingerprint density at radius 3 is 2.71 bits per heavy atom. The van der Waals surface area contributed by atoms with Gasteiger partial charge in [0, 0.05) is 38.4 Å². The molecule has 0 saturated carbocycles. The lowest BCUT2D eigenvalue weighted by Gasteiger charge is -2.28. The molecule has 2 rings (SSSR count). The number of nitrogens with one attached hydrogen (secondary N) is 1. The van der Waals surface area contributed by atoms with Gasteiger partial charge in [-0.15, -0.1) is 0 Å². The zero-order valence-corrected chi connectivity index (χ0v) is 14.9. The van der Waals surface area contributed by atoms with E-state index in [0.717, 1.165) is 17.8 Å². The van der Waals surface area contributed by atoms with Crippen LogP contribution in [0.25, 0.3) is 0 Å². The Morgan fingerprint density at radius 2 is 2.17 bits per heavy atom. The highest BCUT2D eigenvalue weighted by atomic mass is 16.2. The molecular formula is C18H27N5O. The summed E-state index contributed by atoms with van der Waals surface area (Å²) in [5, 5.41) is 3.16. The number of carbonyl (C=O) groups excluding carboxylic acids is 1. The Hall–Kier alpha value is -2.37. The number of imidazole rings is 1. The molecule has 2 aromatic rings. The van der Waals surface area contributed by atoms with Crippen molar-refractivity contribution in [2.45, 2.75) is 39.8 Å². The maximum absolute atomic E-state index is 12.8. The predicted molar refractivity (Wildman–Crippen MR) is 94.3 cm³/mol. The van der Waals surface area contributed by atoms with Crippen LogP contribution in [0.5, 0.6) is 0 Å². The summed E-state index contributed by atoms with van der Waals surface area (Å²) in [4.78, 5) is 23.1. The zero-order valence-electron chi connectivity index (χ0n) is 14.9. The topological polar surface area (TPSA) is 63.1 Å². The summed E-state index contributed by atoms with van der Waals surface area (Å²) in [5.74, 6) is 1.15. The van der Waals surface area contributed by atoms with Gasteiger partial charge in [0.15, 0.2) is 0 Å². The van der Waals surface area contributed by atoms with Gasteiger partial charge in [0.25, 0.3) is 0 Å². The summed E-state index contributed by atoms with van der Waals surface area (Å²) in [6.45, 7) is 7.46. The van der Waals surface area contributed by atoms with Crippen molar-refractivity contribution in [1.82, 2.24) is 24.8 Å². The van der Waals surface area contributed by atoms with E-state index in [-0.39, 0.29) is 18.0 Å². The van der Waals surface area contributed by atoms with Crippen molar-refractivity contribution in [2.24, 2.45) is 13.0 Å². The number of rotatable bonds is 7. The number of nitrogens with zero attached hydrogens (tertiary/aromatic N) is 4. The molecule has 2 heterocycles. The van der Waals surface area contributed by atoms with Gasteiger partial charge < -0.3 is 14.8 Å². The summed E-state index contributed by atoms with van der Waals surface area (Å²) < 4.78 is 1.94. The van der Waals surface area contributed by atoms with E-state index in [0.29, 0.717) is 13.1 Å². The van der Waals surface area contributed by atoms with Gasteiger partial charge in [-0.05, 0) is 24.0 Å². The van der Waals surface area contributed by atoms with Crippen molar-refractivity contribution in [2.75, 3.05) is 6.54 Å². The van der Waals surface area contributed by atoms with E-state index >= 15 is 0 Å². The first-order chi connectivity index (χ1) is 11.5. The largest absolute Gasteiger partial charge is 0.337 e. The van der Waals surface area contributed by atoms with Gasteiger partial charge in [-0.2, -0.15) is 0 Å². The van der Waals surface area contributed by atoms with Crippen LogP contribution >= 0.6 is 0 Å².